The monoisotopic (exact) mass is 535 g/mol. The van der Waals surface area contributed by atoms with Crippen LogP contribution in [0.1, 0.15) is 34.6 Å². The van der Waals surface area contributed by atoms with Gasteiger partial charge < -0.3 is 28.6 Å². The van der Waals surface area contributed by atoms with Crippen LogP contribution in [0.15, 0.2) is 45.8 Å². The van der Waals surface area contributed by atoms with E-state index in [-0.39, 0.29) is 76.7 Å². The van der Waals surface area contributed by atoms with E-state index >= 15 is 0 Å². The summed E-state index contributed by atoms with van der Waals surface area (Å²) in [5.74, 6) is 1.45. The maximum atomic E-state index is 10.8. The second kappa shape index (κ2) is 12.1. The zero-order valence-electron chi connectivity index (χ0n) is 18.1. The van der Waals surface area contributed by atoms with E-state index in [9.17, 15) is 14.4 Å². The Morgan fingerprint density at radius 3 is 0.871 bits per heavy atom. The summed E-state index contributed by atoms with van der Waals surface area (Å²) in [6, 6.07) is 3.76. The third-order valence-corrected chi connectivity index (χ3v) is 3.65. The fraction of sp³-hybridized carbons (Fsp3) is 0.286. The van der Waals surface area contributed by atoms with E-state index in [2.05, 4.69) is 0 Å². The van der Waals surface area contributed by atoms with Gasteiger partial charge in [0.15, 0.2) is 0 Å². The molecule has 3 aromatic rings. The van der Waals surface area contributed by atoms with Crippen LogP contribution in [0.2, 0.25) is 0 Å². The van der Waals surface area contributed by atoms with Crippen molar-refractivity contribution < 1.29 is 28.6 Å². The third kappa shape index (κ3) is 8.41. The molecular formula is C21H24InO9. The standard InChI is InChI=1S/3C7H8O3.In/c3*1-4-3-6(8)7(9)5(2)10-4;/h3*3,9H,1-2H3;. The Morgan fingerprint density at radius 1 is 0.516 bits per heavy atom. The Balaban J connectivity index is 0.000000429. The quantitative estimate of drug-likeness (QED) is 0.395. The van der Waals surface area contributed by atoms with E-state index in [1.165, 1.54) is 18.2 Å². The Hall–Kier alpha value is -2.88. The molecule has 0 aromatic carbocycles. The molecule has 3 N–H and O–H groups in total. The van der Waals surface area contributed by atoms with Crippen molar-refractivity contribution in [3.05, 3.63) is 83.4 Å². The zero-order chi connectivity index (χ0) is 23.2. The minimum Gasteiger partial charge on any atom is -0.502 e. The second-order valence-corrected chi connectivity index (χ2v) is 6.38. The van der Waals surface area contributed by atoms with Gasteiger partial charge in [-0.05, 0) is 41.5 Å². The number of hydrogen-bond donors (Lipinski definition) is 3. The molecule has 3 rings (SSSR count). The van der Waals surface area contributed by atoms with E-state index in [1.54, 1.807) is 41.5 Å². The van der Waals surface area contributed by atoms with Crippen LogP contribution >= 0.6 is 0 Å². The Morgan fingerprint density at radius 2 is 0.710 bits per heavy atom. The average molecular weight is 535 g/mol. The average Bonchev–Trinajstić information content (AvgIpc) is 2.63. The fourth-order valence-electron chi connectivity index (χ4n) is 2.24. The van der Waals surface area contributed by atoms with E-state index < -0.39 is 0 Å². The number of aromatic hydroxyl groups is 3. The Labute approximate surface area is 196 Å². The molecule has 0 spiro atoms. The molecule has 0 unspecified atom stereocenters. The predicted octanol–water partition coefficient (Wildman–Crippen LogP) is 2.51. The van der Waals surface area contributed by atoms with Crippen molar-refractivity contribution in [2.45, 2.75) is 41.5 Å². The van der Waals surface area contributed by atoms with E-state index in [4.69, 9.17) is 28.6 Å². The number of aryl methyl sites for hydroxylation is 6. The molecule has 0 saturated carbocycles. The smallest absolute Gasteiger partial charge is 0.227 e. The summed E-state index contributed by atoms with van der Waals surface area (Å²) in [5.41, 5.74) is -1.16. The molecule has 0 atom stereocenters. The van der Waals surface area contributed by atoms with Crippen LogP contribution < -0.4 is 16.3 Å². The summed E-state index contributed by atoms with van der Waals surface area (Å²) < 4.78 is 14.8. The summed E-state index contributed by atoms with van der Waals surface area (Å²) >= 11 is 0. The third-order valence-electron chi connectivity index (χ3n) is 3.65. The van der Waals surface area contributed by atoms with Gasteiger partial charge in [0.2, 0.25) is 33.5 Å². The summed E-state index contributed by atoms with van der Waals surface area (Å²) in [6.07, 6.45) is 0. The second-order valence-electron chi connectivity index (χ2n) is 6.38. The van der Waals surface area contributed by atoms with Crippen molar-refractivity contribution in [3.8, 4) is 17.2 Å². The molecule has 0 aliphatic heterocycles. The molecule has 9 nitrogen and oxygen atoms in total. The molecule has 3 aromatic heterocycles. The maximum Gasteiger partial charge on any atom is 0.227 e. The fourth-order valence-corrected chi connectivity index (χ4v) is 2.24. The normalized spacial score (nSPS) is 9.48. The van der Waals surface area contributed by atoms with Gasteiger partial charge in [0.25, 0.3) is 0 Å². The summed E-state index contributed by atoms with van der Waals surface area (Å²) in [7, 11) is 0. The van der Waals surface area contributed by atoms with E-state index in [0.717, 1.165) is 0 Å². The summed E-state index contributed by atoms with van der Waals surface area (Å²) in [5, 5.41) is 26.8. The van der Waals surface area contributed by atoms with Crippen LogP contribution in [0, 0.1) is 41.5 Å². The predicted molar refractivity (Wildman–Crippen MR) is 114 cm³/mol. The van der Waals surface area contributed by atoms with Crippen molar-refractivity contribution in [1.82, 2.24) is 0 Å². The molecular weight excluding hydrogens is 511 g/mol. The van der Waals surface area contributed by atoms with Crippen molar-refractivity contribution in [1.29, 1.82) is 0 Å². The summed E-state index contributed by atoms with van der Waals surface area (Å²) in [6.45, 7) is 9.62. The van der Waals surface area contributed by atoms with Gasteiger partial charge in [-0.2, -0.15) is 0 Å². The van der Waals surface area contributed by atoms with Gasteiger partial charge in [0, 0.05) is 44.0 Å². The van der Waals surface area contributed by atoms with Gasteiger partial charge >= 0.3 is 0 Å². The van der Waals surface area contributed by atoms with E-state index in [1.807, 2.05) is 0 Å². The van der Waals surface area contributed by atoms with Crippen LogP contribution in [0.3, 0.4) is 0 Å². The van der Waals surface area contributed by atoms with Gasteiger partial charge in [0.1, 0.15) is 34.6 Å². The first-order valence-corrected chi connectivity index (χ1v) is 8.74. The van der Waals surface area contributed by atoms with Crippen molar-refractivity contribution in [3.63, 3.8) is 0 Å². The van der Waals surface area contributed by atoms with Crippen LogP contribution in [0.5, 0.6) is 17.2 Å². The van der Waals surface area contributed by atoms with Crippen molar-refractivity contribution >= 4 is 25.8 Å². The first kappa shape index (κ1) is 28.1. The van der Waals surface area contributed by atoms with Crippen LogP contribution in [0.4, 0.5) is 0 Å². The molecule has 3 radical (unpaired) electrons. The minimum atomic E-state index is -0.388. The molecule has 0 bridgehead atoms. The summed E-state index contributed by atoms with van der Waals surface area (Å²) in [4.78, 5) is 32.3. The molecule has 0 saturated heterocycles. The molecule has 10 heteroatoms. The molecule has 0 fully saturated rings. The minimum absolute atomic E-state index is 0. The Bertz CT molecular complexity index is 1050. The van der Waals surface area contributed by atoms with Crippen LogP contribution in [-0.4, -0.2) is 41.2 Å². The largest absolute Gasteiger partial charge is 0.502 e. The maximum absolute atomic E-state index is 10.8. The Kier molecular flexibility index (Phi) is 11.0. The SMILES string of the molecule is Cc1cc(=O)c(O)c(C)o1.Cc1cc(=O)c(O)c(C)o1.Cc1cc(=O)c(O)c(C)o1.[In]. The van der Waals surface area contributed by atoms with Gasteiger partial charge in [-0.1, -0.05) is 0 Å². The molecule has 3 heterocycles. The van der Waals surface area contributed by atoms with Gasteiger partial charge in [0.05, 0.1) is 0 Å². The van der Waals surface area contributed by atoms with Gasteiger partial charge in [-0.3, -0.25) is 14.4 Å². The molecule has 165 valence electrons. The van der Waals surface area contributed by atoms with E-state index in [0.29, 0.717) is 17.3 Å². The topological polar surface area (TPSA) is 151 Å². The molecule has 31 heavy (non-hydrogen) atoms. The van der Waals surface area contributed by atoms with Crippen molar-refractivity contribution in [2.75, 3.05) is 0 Å². The van der Waals surface area contributed by atoms with Crippen LogP contribution in [0.25, 0.3) is 0 Å². The van der Waals surface area contributed by atoms with Gasteiger partial charge in [-0.25, -0.2) is 0 Å². The van der Waals surface area contributed by atoms with Crippen LogP contribution in [-0.2, 0) is 0 Å². The van der Waals surface area contributed by atoms with Gasteiger partial charge in [-0.15, -0.1) is 0 Å². The first-order valence-electron chi connectivity index (χ1n) is 8.74. The molecule has 0 aliphatic rings. The zero-order valence-corrected chi connectivity index (χ0v) is 21.4. The van der Waals surface area contributed by atoms with Crippen molar-refractivity contribution in [2.24, 2.45) is 0 Å². The molecule has 0 aliphatic carbocycles. The number of hydrogen-bond acceptors (Lipinski definition) is 9. The first-order chi connectivity index (χ1) is 13.8. The molecule has 0 amide bonds. The number of rotatable bonds is 0.